The van der Waals surface area contributed by atoms with E-state index in [1.165, 1.54) is 0 Å². The fourth-order valence-corrected chi connectivity index (χ4v) is 4.27. The van der Waals surface area contributed by atoms with Crippen LogP contribution in [-0.4, -0.2) is 43.9 Å². The normalized spacial score (nSPS) is 11.7. The summed E-state index contributed by atoms with van der Waals surface area (Å²) in [5, 5.41) is 20.4. The van der Waals surface area contributed by atoms with Crippen molar-refractivity contribution in [1.29, 1.82) is 5.26 Å². The Morgan fingerprint density at radius 1 is 1.10 bits per heavy atom. The summed E-state index contributed by atoms with van der Waals surface area (Å²) in [5.41, 5.74) is 4.24. The van der Waals surface area contributed by atoms with E-state index >= 15 is 0 Å². The summed E-state index contributed by atoms with van der Waals surface area (Å²) < 4.78 is 31.7. The second-order valence-electron chi connectivity index (χ2n) is 9.64. The fourth-order valence-electron chi connectivity index (χ4n) is 4.27. The van der Waals surface area contributed by atoms with Gasteiger partial charge in [0.1, 0.15) is 11.6 Å². The highest BCUT2D eigenvalue weighted by molar-refractivity contribution is 5.89. The molecule has 0 unspecified atom stereocenters. The molecule has 2 heterocycles. The maximum Gasteiger partial charge on any atom is 0.490 e. The average molecular weight is 582 g/mol. The molecule has 12 heteroatoms. The highest BCUT2D eigenvalue weighted by Gasteiger charge is 2.38. The number of rotatable bonds is 11. The van der Waals surface area contributed by atoms with Crippen LogP contribution in [0.2, 0.25) is 0 Å². The highest BCUT2D eigenvalue weighted by Crippen LogP contribution is 2.24. The number of ketones is 1. The van der Waals surface area contributed by atoms with Crippen LogP contribution in [0.25, 0.3) is 22.2 Å². The number of alkyl halides is 3. The molecule has 4 N–H and O–H groups in total. The summed E-state index contributed by atoms with van der Waals surface area (Å²) in [4.78, 5) is 44.3. The Morgan fingerprint density at radius 2 is 1.81 bits per heavy atom. The number of nitrogens with zero attached hydrogens (tertiary/aromatic N) is 2. The first kappa shape index (κ1) is 31.6. The van der Waals surface area contributed by atoms with Crippen LogP contribution in [0.15, 0.2) is 60.9 Å². The van der Waals surface area contributed by atoms with E-state index in [0.29, 0.717) is 12.0 Å². The number of aromatic nitrogens is 3. The summed E-state index contributed by atoms with van der Waals surface area (Å²) in [6.45, 7) is 1.61. The number of nitriles is 1. The molecule has 9 nitrogen and oxygen atoms in total. The summed E-state index contributed by atoms with van der Waals surface area (Å²) in [5.74, 6) is -1.95. The maximum atomic E-state index is 13.1. The number of unbranched alkanes of at least 4 members (excludes halogenated alkanes) is 2. The zero-order valence-electron chi connectivity index (χ0n) is 22.8. The van der Waals surface area contributed by atoms with Crippen molar-refractivity contribution in [3.8, 4) is 17.3 Å². The molecule has 0 aliphatic rings. The van der Waals surface area contributed by atoms with Gasteiger partial charge in [-0.15, -0.1) is 0 Å². The lowest BCUT2D eigenvalue weighted by Gasteiger charge is -2.17. The Kier molecular flexibility index (Phi) is 11.0. The van der Waals surface area contributed by atoms with Gasteiger partial charge >= 0.3 is 12.1 Å². The average Bonchev–Trinajstić information content (AvgIpc) is 3.60. The minimum Gasteiger partial charge on any atom is -0.475 e. The van der Waals surface area contributed by atoms with Crippen LogP contribution in [0.1, 0.15) is 62.0 Å². The number of aliphatic carboxylic acids is 1. The number of halogens is 3. The number of nitrogens with one attached hydrogen (secondary N) is 3. The van der Waals surface area contributed by atoms with Crippen LogP contribution < -0.4 is 5.32 Å². The minimum absolute atomic E-state index is 0.111. The Labute approximate surface area is 239 Å². The largest absolute Gasteiger partial charge is 0.490 e. The molecule has 0 aliphatic heterocycles. The Balaban J connectivity index is 0.000000616. The SMILES string of the molecule is CC(=O)CCCCC[C@H](NC(=O)Cc1c[nH]c2ccc(C#N)cc12)c1ncc(-c2ccccc2)[nH]1.O=C(O)C(F)(F)F. The van der Waals surface area contributed by atoms with E-state index in [1.807, 2.05) is 42.6 Å². The third kappa shape index (κ3) is 9.33. The number of H-pyrrole nitrogens is 2. The fraction of sp³-hybridized carbons (Fsp3) is 0.300. The summed E-state index contributed by atoms with van der Waals surface area (Å²) >= 11 is 0. The Hall–Kier alpha value is -4.92. The van der Waals surface area contributed by atoms with Crippen molar-refractivity contribution in [2.45, 2.75) is 57.7 Å². The second-order valence-corrected chi connectivity index (χ2v) is 9.64. The van der Waals surface area contributed by atoms with Gasteiger partial charge in [0, 0.05) is 23.5 Å². The molecule has 0 spiro atoms. The van der Waals surface area contributed by atoms with Gasteiger partial charge in [-0.2, -0.15) is 18.4 Å². The molecule has 0 radical (unpaired) electrons. The van der Waals surface area contributed by atoms with Crippen LogP contribution in [-0.2, 0) is 20.8 Å². The lowest BCUT2D eigenvalue weighted by molar-refractivity contribution is -0.192. The molecule has 42 heavy (non-hydrogen) atoms. The molecule has 0 fully saturated rings. The standard InChI is InChI=1S/C28H29N5O2.C2HF3O2/c1-19(34)8-4-2-7-11-25(28-31-18-26(33-28)21-9-5-3-6-10-21)32-27(35)15-22-17-30-24-13-12-20(16-29)14-23(22)24;3-2(4,5)1(6)7/h3,5-6,9-10,12-14,17-18,25,30H,2,4,7-8,11,15H2,1H3,(H,31,33)(H,32,35);(H,6,7)/t25-;/m0./s1. The molecule has 0 saturated heterocycles. The molecule has 220 valence electrons. The van der Waals surface area contributed by atoms with Gasteiger partial charge in [0.05, 0.1) is 36.0 Å². The van der Waals surface area contributed by atoms with Crippen molar-refractivity contribution < 1.29 is 32.7 Å². The van der Waals surface area contributed by atoms with Gasteiger partial charge in [0.15, 0.2) is 0 Å². The van der Waals surface area contributed by atoms with E-state index in [2.05, 4.69) is 26.3 Å². The van der Waals surface area contributed by atoms with Gasteiger partial charge in [-0.05, 0) is 49.1 Å². The number of Topliss-reactive ketones (excluding diaryl/α,β-unsaturated/α-hetero) is 1. The first-order chi connectivity index (χ1) is 20.0. The number of carbonyl (C=O) groups is 3. The topological polar surface area (TPSA) is 152 Å². The molecule has 0 saturated carbocycles. The van der Waals surface area contributed by atoms with Crippen LogP contribution in [0.3, 0.4) is 0 Å². The van der Waals surface area contributed by atoms with Crippen molar-refractivity contribution in [2.24, 2.45) is 0 Å². The number of carboxylic acids is 1. The van der Waals surface area contributed by atoms with Crippen LogP contribution >= 0.6 is 0 Å². The molecule has 0 bridgehead atoms. The van der Waals surface area contributed by atoms with Crippen LogP contribution in [0.5, 0.6) is 0 Å². The smallest absolute Gasteiger partial charge is 0.475 e. The van der Waals surface area contributed by atoms with Gasteiger partial charge in [-0.3, -0.25) is 4.79 Å². The van der Waals surface area contributed by atoms with E-state index in [4.69, 9.17) is 9.90 Å². The van der Waals surface area contributed by atoms with E-state index in [-0.39, 0.29) is 24.2 Å². The van der Waals surface area contributed by atoms with Gasteiger partial charge in [-0.25, -0.2) is 9.78 Å². The van der Waals surface area contributed by atoms with Gasteiger partial charge in [0.25, 0.3) is 0 Å². The van der Waals surface area contributed by atoms with Crippen molar-refractivity contribution in [3.05, 3.63) is 77.9 Å². The number of carbonyl (C=O) groups excluding carboxylic acids is 2. The number of amides is 1. The van der Waals surface area contributed by atoms with Crippen molar-refractivity contribution >= 4 is 28.6 Å². The Bertz CT molecular complexity index is 1550. The first-order valence-electron chi connectivity index (χ1n) is 13.2. The van der Waals surface area contributed by atoms with Crippen LogP contribution in [0, 0.1) is 11.3 Å². The zero-order valence-corrected chi connectivity index (χ0v) is 22.8. The first-order valence-corrected chi connectivity index (χ1v) is 13.2. The monoisotopic (exact) mass is 581 g/mol. The number of hydrogen-bond acceptors (Lipinski definition) is 5. The lowest BCUT2D eigenvalue weighted by atomic mass is 10.0. The zero-order chi connectivity index (χ0) is 30.7. The number of carboxylic acid groups (broad SMARTS) is 1. The van der Waals surface area contributed by atoms with Crippen molar-refractivity contribution in [1.82, 2.24) is 20.3 Å². The van der Waals surface area contributed by atoms with Crippen LogP contribution in [0.4, 0.5) is 13.2 Å². The van der Waals surface area contributed by atoms with Crippen molar-refractivity contribution in [3.63, 3.8) is 0 Å². The molecular formula is C30H30F3N5O4. The van der Waals surface area contributed by atoms with Gasteiger partial charge < -0.3 is 25.2 Å². The third-order valence-corrected chi connectivity index (χ3v) is 6.36. The number of aromatic amines is 2. The third-order valence-electron chi connectivity index (χ3n) is 6.36. The number of fused-ring (bicyclic) bond motifs is 1. The number of hydrogen-bond donors (Lipinski definition) is 4. The highest BCUT2D eigenvalue weighted by atomic mass is 19.4. The molecular weight excluding hydrogens is 551 g/mol. The summed E-state index contributed by atoms with van der Waals surface area (Å²) in [6, 6.07) is 17.2. The quantitative estimate of drug-likeness (QED) is 0.159. The van der Waals surface area contributed by atoms with Crippen molar-refractivity contribution in [2.75, 3.05) is 0 Å². The van der Waals surface area contributed by atoms with Gasteiger partial charge in [0.2, 0.25) is 5.91 Å². The lowest BCUT2D eigenvalue weighted by Crippen LogP contribution is -2.30. The number of benzene rings is 2. The van der Waals surface area contributed by atoms with E-state index in [1.54, 1.807) is 25.3 Å². The Morgan fingerprint density at radius 3 is 2.45 bits per heavy atom. The summed E-state index contributed by atoms with van der Waals surface area (Å²) in [6.07, 6.45) is 2.67. The molecule has 1 atom stereocenters. The molecule has 4 rings (SSSR count). The molecule has 2 aromatic heterocycles. The second kappa shape index (κ2) is 14.6. The molecule has 1 amide bonds. The van der Waals surface area contributed by atoms with E-state index in [0.717, 1.165) is 59.2 Å². The van der Waals surface area contributed by atoms with E-state index < -0.39 is 12.1 Å². The predicted octanol–water partition coefficient (Wildman–Crippen LogP) is 6.00. The minimum atomic E-state index is -5.08. The molecule has 4 aromatic rings. The summed E-state index contributed by atoms with van der Waals surface area (Å²) in [7, 11) is 0. The number of imidazole rings is 1. The van der Waals surface area contributed by atoms with E-state index in [9.17, 15) is 28.0 Å². The molecule has 0 aliphatic carbocycles. The van der Waals surface area contributed by atoms with Gasteiger partial charge in [-0.1, -0.05) is 43.2 Å². The maximum absolute atomic E-state index is 13.1. The predicted molar refractivity (Wildman–Crippen MR) is 149 cm³/mol. The molecule has 2 aromatic carbocycles.